The SMILES string of the molecule is O=N/C=C/c1ccc(F)cc1. The van der Waals surface area contributed by atoms with Crippen molar-refractivity contribution in [2.24, 2.45) is 5.18 Å². The quantitative estimate of drug-likeness (QED) is 0.597. The topological polar surface area (TPSA) is 29.4 Å². The van der Waals surface area contributed by atoms with Gasteiger partial charge in [0.25, 0.3) is 0 Å². The summed E-state index contributed by atoms with van der Waals surface area (Å²) in [4.78, 5) is 9.63. The highest BCUT2D eigenvalue weighted by atomic mass is 19.1. The lowest BCUT2D eigenvalue weighted by molar-refractivity contribution is 0.628. The minimum atomic E-state index is -0.291. The van der Waals surface area contributed by atoms with E-state index in [0.717, 1.165) is 11.8 Å². The Morgan fingerprint density at radius 3 is 2.45 bits per heavy atom. The third-order valence-corrected chi connectivity index (χ3v) is 1.20. The van der Waals surface area contributed by atoms with Crippen molar-refractivity contribution in [3.8, 4) is 0 Å². The molecule has 0 fully saturated rings. The van der Waals surface area contributed by atoms with Crippen LogP contribution in [0.1, 0.15) is 5.56 Å². The van der Waals surface area contributed by atoms with E-state index in [-0.39, 0.29) is 5.82 Å². The maximum atomic E-state index is 12.3. The summed E-state index contributed by atoms with van der Waals surface area (Å²) in [6, 6.07) is 5.78. The zero-order valence-corrected chi connectivity index (χ0v) is 5.70. The van der Waals surface area contributed by atoms with E-state index >= 15 is 0 Å². The molecule has 1 aromatic rings. The molecule has 0 saturated carbocycles. The highest BCUT2D eigenvalue weighted by Crippen LogP contribution is 2.04. The first-order valence-corrected chi connectivity index (χ1v) is 3.07. The first-order valence-electron chi connectivity index (χ1n) is 3.07. The molecule has 0 aliphatic heterocycles. The predicted octanol–water partition coefficient (Wildman–Crippen LogP) is 2.56. The number of rotatable bonds is 2. The van der Waals surface area contributed by atoms with Crippen LogP contribution in [0.2, 0.25) is 0 Å². The van der Waals surface area contributed by atoms with Gasteiger partial charge in [-0.15, -0.1) is 4.91 Å². The van der Waals surface area contributed by atoms with Gasteiger partial charge in [-0.1, -0.05) is 12.1 Å². The average molecular weight is 151 g/mol. The Hall–Kier alpha value is -1.51. The van der Waals surface area contributed by atoms with Crippen molar-refractivity contribution in [2.45, 2.75) is 0 Å². The molecule has 3 heteroatoms. The third kappa shape index (κ3) is 2.29. The van der Waals surface area contributed by atoms with Crippen LogP contribution in [-0.4, -0.2) is 0 Å². The van der Waals surface area contributed by atoms with Gasteiger partial charge in [-0.25, -0.2) is 4.39 Å². The van der Waals surface area contributed by atoms with E-state index in [4.69, 9.17) is 0 Å². The molecule has 0 spiro atoms. The molecule has 56 valence electrons. The second kappa shape index (κ2) is 3.61. The maximum absolute atomic E-state index is 12.3. The van der Waals surface area contributed by atoms with Crippen molar-refractivity contribution >= 4 is 6.08 Å². The molecule has 0 atom stereocenters. The Balaban J connectivity index is 2.81. The van der Waals surface area contributed by atoms with E-state index < -0.39 is 0 Å². The summed E-state index contributed by atoms with van der Waals surface area (Å²) in [5, 5.41) is 2.53. The fourth-order valence-electron chi connectivity index (χ4n) is 0.690. The normalized spacial score (nSPS) is 10.3. The van der Waals surface area contributed by atoms with Crippen LogP contribution in [0.5, 0.6) is 0 Å². The average Bonchev–Trinajstić information content (AvgIpc) is 2.04. The van der Waals surface area contributed by atoms with Crippen molar-refractivity contribution in [1.29, 1.82) is 0 Å². The van der Waals surface area contributed by atoms with Crippen molar-refractivity contribution in [1.82, 2.24) is 0 Å². The Labute approximate surface area is 63.3 Å². The summed E-state index contributed by atoms with van der Waals surface area (Å²) in [7, 11) is 0. The number of hydrogen-bond donors (Lipinski definition) is 0. The molecular weight excluding hydrogens is 145 g/mol. The Bertz CT molecular complexity index is 266. The third-order valence-electron chi connectivity index (χ3n) is 1.20. The Morgan fingerprint density at radius 1 is 1.27 bits per heavy atom. The minimum absolute atomic E-state index is 0.291. The van der Waals surface area contributed by atoms with Crippen molar-refractivity contribution in [3.63, 3.8) is 0 Å². The lowest BCUT2D eigenvalue weighted by Crippen LogP contribution is -1.73. The molecule has 0 aliphatic carbocycles. The number of nitroso groups, excluding NO2 is 1. The van der Waals surface area contributed by atoms with Gasteiger partial charge in [-0.2, -0.15) is 0 Å². The largest absolute Gasteiger partial charge is 0.207 e. The molecule has 0 aliphatic rings. The molecule has 0 radical (unpaired) electrons. The van der Waals surface area contributed by atoms with Gasteiger partial charge >= 0.3 is 0 Å². The molecular formula is C8H6FNO. The summed E-state index contributed by atoms with van der Waals surface area (Å²) < 4.78 is 12.3. The summed E-state index contributed by atoms with van der Waals surface area (Å²) in [5.41, 5.74) is 0.756. The van der Waals surface area contributed by atoms with Gasteiger partial charge in [0.1, 0.15) is 5.82 Å². The van der Waals surface area contributed by atoms with Gasteiger partial charge in [0.15, 0.2) is 0 Å². The monoisotopic (exact) mass is 151 g/mol. The first kappa shape index (κ1) is 7.60. The smallest absolute Gasteiger partial charge is 0.123 e. The van der Waals surface area contributed by atoms with Crippen LogP contribution in [0.3, 0.4) is 0 Å². The van der Waals surface area contributed by atoms with Gasteiger partial charge in [0.2, 0.25) is 0 Å². The molecule has 0 saturated heterocycles. The Kier molecular flexibility index (Phi) is 2.49. The van der Waals surface area contributed by atoms with Crippen LogP contribution >= 0.6 is 0 Å². The van der Waals surface area contributed by atoms with Gasteiger partial charge in [-0.05, 0) is 28.9 Å². The van der Waals surface area contributed by atoms with Gasteiger partial charge in [0, 0.05) is 0 Å². The number of hydrogen-bond acceptors (Lipinski definition) is 2. The van der Waals surface area contributed by atoms with Crippen molar-refractivity contribution in [2.75, 3.05) is 0 Å². The summed E-state index contributed by atoms with van der Waals surface area (Å²) in [6.45, 7) is 0. The lowest BCUT2D eigenvalue weighted by atomic mass is 10.2. The highest BCUT2D eigenvalue weighted by molar-refractivity contribution is 5.48. The first-order chi connectivity index (χ1) is 5.33. The van der Waals surface area contributed by atoms with Crippen LogP contribution < -0.4 is 0 Å². The maximum Gasteiger partial charge on any atom is 0.123 e. The number of nitrogens with zero attached hydrogens (tertiary/aromatic N) is 1. The van der Waals surface area contributed by atoms with Crippen molar-refractivity contribution < 1.29 is 4.39 Å². The molecule has 0 bridgehead atoms. The van der Waals surface area contributed by atoms with E-state index in [9.17, 15) is 9.30 Å². The molecule has 0 unspecified atom stereocenters. The molecule has 0 N–H and O–H groups in total. The highest BCUT2D eigenvalue weighted by Gasteiger charge is 1.87. The molecule has 2 nitrogen and oxygen atoms in total. The number of benzene rings is 1. The molecule has 1 aromatic carbocycles. The van der Waals surface area contributed by atoms with Gasteiger partial charge in [-0.3, -0.25) is 0 Å². The van der Waals surface area contributed by atoms with Crippen LogP contribution in [-0.2, 0) is 0 Å². The second-order valence-corrected chi connectivity index (χ2v) is 1.97. The van der Waals surface area contributed by atoms with Gasteiger partial charge in [0.05, 0.1) is 6.20 Å². The fraction of sp³-hybridized carbons (Fsp3) is 0. The van der Waals surface area contributed by atoms with E-state index in [1.54, 1.807) is 12.1 Å². The van der Waals surface area contributed by atoms with Gasteiger partial charge < -0.3 is 0 Å². The van der Waals surface area contributed by atoms with Crippen LogP contribution in [0.4, 0.5) is 4.39 Å². The minimum Gasteiger partial charge on any atom is -0.207 e. The van der Waals surface area contributed by atoms with E-state index in [1.165, 1.54) is 18.2 Å². The van der Waals surface area contributed by atoms with Crippen LogP contribution in [0.25, 0.3) is 6.08 Å². The Morgan fingerprint density at radius 2 is 1.91 bits per heavy atom. The van der Waals surface area contributed by atoms with Crippen LogP contribution in [0, 0.1) is 10.7 Å². The standard InChI is InChI=1S/C8H6FNO/c9-8-3-1-7(2-4-8)5-6-10-11/h1-6H/b6-5+. The molecule has 11 heavy (non-hydrogen) atoms. The summed E-state index contributed by atoms with van der Waals surface area (Å²) in [6.07, 6.45) is 2.62. The molecule has 1 rings (SSSR count). The van der Waals surface area contributed by atoms with E-state index in [2.05, 4.69) is 5.18 Å². The predicted molar refractivity (Wildman–Crippen MR) is 41.2 cm³/mol. The zero-order chi connectivity index (χ0) is 8.10. The summed E-state index contributed by atoms with van der Waals surface area (Å²) in [5.74, 6) is -0.291. The summed E-state index contributed by atoms with van der Waals surface area (Å²) >= 11 is 0. The molecule has 0 heterocycles. The van der Waals surface area contributed by atoms with Crippen molar-refractivity contribution in [3.05, 3.63) is 46.8 Å². The lowest BCUT2D eigenvalue weighted by Gasteiger charge is -1.89. The van der Waals surface area contributed by atoms with E-state index in [1.807, 2.05) is 0 Å². The number of halogens is 1. The molecule has 0 aromatic heterocycles. The fourth-order valence-corrected chi connectivity index (χ4v) is 0.690. The van der Waals surface area contributed by atoms with E-state index in [0.29, 0.717) is 0 Å². The second-order valence-electron chi connectivity index (χ2n) is 1.97. The zero-order valence-electron chi connectivity index (χ0n) is 5.70. The van der Waals surface area contributed by atoms with Crippen LogP contribution in [0.15, 0.2) is 35.6 Å². The molecule has 0 amide bonds.